The van der Waals surface area contributed by atoms with Crippen LogP contribution in [0.1, 0.15) is 30.0 Å². The van der Waals surface area contributed by atoms with Crippen LogP contribution in [0.3, 0.4) is 0 Å². The Balaban J connectivity index is 2.01. The van der Waals surface area contributed by atoms with E-state index in [-0.39, 0.29) is 18.4 Å². The number of anilines is 1. The Hall–Kier alpha value is -2.96. The first-order chi connectivity index (χ1) is 12.5. The van der Waals surface area contributed by atoms with Gasteiger partial charge in [0.1, 0.15) is 5.76 Å². The van der Waals surface area contributed by atoms with Crippen molar-refractivity contribution in [2.24, 2.45) is 0 Å². The SMILES string of the molecule is CCOc1ccc(NC(=O)CN(C)C(=O)c2ccoc2C)cc1OCC. The summed E-state index contributed by atoms with van der Waals surface area (Å²) in [6, 6.07) is 6.77. The van der Waals surface area contributed by atoms with Gasteiger partial charge in [-0.05, 0) is 39.0 Å². The van der Waals surface area contributed by atoms with Crippen LogP contribution in [0.4, 0.5) is 5.69 Å². The van der Waals surface area contributed by atoms with E-state index in [4.69, 9.17) is 13.9 Å². The van der Waals surface area contributed by atoms with Crippen LogP contribution in [0, 0.1) is 6.92 Å². The first-order valence-corrected chi connectivity index (χ1v) is 8.45. The quantitative estimate of drug-likeness (QED) is 0.782. The number of furan rings is 1. The number of ether oxygens (including phenoxy) is 2. The number of aryl methyl sites for hydroxylation is 1. The third kappa shape index (κ3) is 4.78. The van der Waals surface area contributed by atoms with Gasteiger partial charge >= 0.3 is 0 Å². The fourth-order valence-corrected chi connectivity index (χ4v) is 2.43. The molecular weight excluding hydrogens is 336 g/mol. The van der Waals surface area contributed by atoms with E-state index in [0.717, 1.165) is 0 Å². The molecule has 0 fully saturated rings. The highest BCUT2D eigenvalue weighted by atomic mass is 16.5. The van der Waals surface area contributed by atoms with Crippen LogP contribution in [0.5, 0.6) is 11.5 Å². The van der Waals surface area contributed by atoms with Gasteiger partial charge in [-0.15, -0.1) is 0 Å². The number of nitrogens with zero attached hydrogens (tertiary/aromatic N) is 1. The molecule has 7 nitrogen and oxygen atoms in total. The lowest BCUT2D eigenvalue weighted by Crippen LogP contribution is -2.35. The summed E-state index contributed by atoms with van der Waals surface area (Å²) in [7, 11) is 1.57. The van der Waals surface area contributed by atoms with Crippen molar-refractivity contribution in [3.8, 4) is 11.5 Å². The summed E-state index contributed by atoms with van der Waals surface area (Å²) < 4.78 is 16.2. The third-order valence-electron chi connectivity index (χ3n) is 3.64. The van der Waals surface area contributed by atoms with Crippen molar-refractivity contribution in [3.05, 3.63) is 41.9 Å². The van der Waals surface area contributed by atoms with Crippen molar-refractivity contribution in [1.29, 1.82) is 0 Å². The van der Waals surface area contributed by atoms with Gasteiger partial charge in [0.15, 0.2) is 11.5 Å². The Bertz CT molecular complexity index is 769. The minimum absolute atomic E-state index is 0.0827. The molecule has 2 rings (SSSR count). The van der Waals surface area contributed by atoms with Crippen molar-refractivity contribution in [2.45, 2.75) is 20.8 Å². The number of hydrogen-bond donors (Lipinski definition) is 1. The van der Waals surface area contributed by atoms with Gasteiger partial charge < -0.3 is 24.1 Å². The molecule has 0 spiro atoms. The Morgan fingerprint density at radius 3 is 2.42 bits per heavy atom. The van der Waals surface area contributed by atoms with Gasteiger partial charge in [-0.3, -0.25) is 9.59 Å². The molecule has 0 atom stereocenters. The zero-order valence-corrected chi connectivity index (χ0v) is 15.5. The number of carbonyl (C=O) groups excluding carboxylic acids is 2. The van der Waals surface area contributed by atoms with Crippen LogP contribution in [0.2, 0.25) is 0 Å². The molecule has 2 aromatic rings. The van der Waals surface area contributed by atoms with E-state index in [1.54, 1.807) is 38.2 Å². The molecule has 0 aliphatic carbocycles. The fourth-order valence-electron chi connectivity index (χ4n) is 2.43. The largest absolute Gasteiger partial charge is 0.490 e. The van der Waals surface area contributed by atoms with Crippen molar-refractivity contribution in [2.75, 3.05) is 32.1 Å². The molecule has 0 saturated heterocycles. The monoisotopic (exact) mass is 360 g/mol. The second-order valence-electron chi connectivity index (χ2n) is 5.63. The number of benzene rings is 1. The van der Waals surface area contributed by atoms with Crippen LogP contribution in [-0.2, 0) is 4.79 Å². The van der Waals surface area contributed by atoms with Crippen molar-refractivity contribution < 1.29 is 23.5 Å². The number of nitrogens with one attached hydrogen (secondary N) is 1. The lowest BCUT2D eigenvalue weighted by molar-refractivity contribution is -0.116. The van der Waals surface area contributed by atoms with E-state index in [1.165, 1.54) is 11.2 Å². The normalized spacial score (nSPS) is 10.3. The van der Waals surface area contributed by atoms with Crippen LogP contribution >= 0.6 is 0 Å². The maximum Gasteiger partial charge on any atom is 0.257 e. The topological polar surface area (TPSA) is 81.0 Å². The average molecular weight is 360 g/mol. The summed E-state index contributed by atoms with van der Waals surface area (Å²) in [6.45, 7) is 6.39. The highest BCUT2D eigenvalue weighted by molar-refractivity contribution is 5.99. The van der Waals surface area contributed by atoms with Gasteiger partial charge in [-0.25, -0.2) is 0 Å². The highest BCUT2D eigenvalue weighted by Crippen LogP contribution is 2.30. The molecule has 0 aliphatic rings. The molecule has 1 aromatic carbocycles. The number of likely N-dealkylation sites (N-methyl/N-ethyl adjacent to an activating group) is 1. The number of hydrogen-bond acceptors (Lipinski definition) is 5. The zero-order chi connectivity index (χ0) is 19.1. The number of amides is 2. The minimum atomic E-state index is -0.311. The first kappa shape index (κ1) is 19.4. The molecule has 2 amide bonds. The van der Waals surface area contributed by atoms with E-state index in [1.807, 2.05) is 13.8 Å². The molecule has 140 valence electrons. The summed E-state index contributed by atoms with van der Waals surface area (Å²) in [4.78, 5) is 25.9. The summed E-state index contributed by atoms with van der Waals surface area (Å²) in [5.74, 6) is 1.12. The van der Waals surface area contributed by atoms with Gasteiger partial charge in [0.2, 0.25) is 5.91 Å². The Labute approximate surface area is 152 Å². The molecule has 1 aromatic heterocycles. The lowest BCUT2D eigenvalue weighted by atomic mass is 10.2. The van der Waals surface area contributed by atoms with Crippen LogP contribution in [0.15, 0.2) is 34.9 Å². The summed E-state index contributed by atoms with van der Waals surface area (Å²) >= 11 is 0. The van der Waals surface area contributed by atoms with Crippen LogP contribution in [-0.4, -0.2) is 43.5 Å². The van der Waals surface area contributed by atoms with E-state index in [2.05, 4.69) is 5.32 Å². The third-order valence-corrected chi connectivity index (χ3v) is 3.64. The van der Waals surface area contributed by atoms with Gasteiger partial charge in [0.25, 0.3) is 5.91 Å². The molecule has 26 heavy (non-hydrogen) atoms. The Kier molecular flexibility index (Phi) is 6.66. The summed E-state index contributed by atoms with van der Waals surface area (Å²) in [5, 5.41) is 2.76. The molecular formula is C19H24N2O5. The number of carbonyl (C=O) groups is 2. The van der Waals surface area contributed by atoms with Gasteiger partial charge in [0.05, 0.1) is 31.6 Å². The second kappa shape index (κ2) is 8.94. The van der Waals surface area contributed by atoms with E-state index < -0.39 is 0 Å². The van der Waals surface area contributed by atoms with Gasteiger partial charge in [-0.2, -0.15) is 0 Å². The Morgan fingerprint density at radius 2 is 1.81 bits per heavy atom. The smallest absolute Gasteiger partial charge is 0.257 e. The lowest BCUT2D eigenvalue weighted by Gasteiger charge is -2.17. The standard InChI is InChI=1S/C19H24N2O5/c1-5-24-16-8-7-14(11-17(16)25-6-2)20-18(22)12-21(4)19(23)15-9-10-26-13(15)3/h7-11H,5-6,12H2,1-4H3,(H,20,22). The van der Waals surface area contributed by atoms with E-state index in [0.29, 0.717) is 41.7 Å². The predicted octanol–water partition coefficient (Wildman–Crippen LogP) is 3.10. The van der Waals surface area contributed by atoms with E-state index >= 15 is 0 Å². The van der Waals surface area contributed by atoms with Gasteiger partial charge in [0, 0.05) is 18.8 Å². The molecule has 1 heterocycles. The van der Waals surface area contributed by atoms with Crippen LogP contribution < -0.4 is 14.8 Å². The highest BCUT2D eigenvalue weighted by Gasteiger charge is 2.18. The second-order valence-corrected chi connectivity index (χ2v) is 5.63. The first-order valence-electron chi connectivity index (χ1n) is 8.45. The van der Waals surface area contributed by atoms with Crippen molar-refractivity contribution >= 4 is 17.5 Å². The molecule has 0 saturated carbocycles. The van der Waals surface area contributed by atoms with Crippen molar-refractivity contribution in [3.63, 3.8) is 0 Å². The maximum atomic E-state index is 12.3. The van der Waals surface area contributed by atoms with Crippen LogP contribution in [0.25, 0.3) is 0 Å². The molecule has 1 N–H and O–H groups in total. The molecule has 0 aliphatic heterocycles. The summed E-state index contributed by atoms with van der Waals surface area (Å²) in [5.41, 5.74) is 1.02. The molecule has 0 bridgehead atoms. The van der Waals surface area contributed by atoms with Gasteiger partial charge in [-0.1, -0.05) is 0 Å². The number of rotatable bonds is 8. The fraction of sp³-hybridized carbons (Fsp3) is 0.368. The van der Waals surface area contributed by atoms with E-state index in [9.17, 15) is 9.59 Å². The average Bonchev–Trinajstić information content (AvgIpc) is 3.02. The van der Waals surface area contributed by atoms with Crippen molar-refractivity contribution in [1.82, 2.24) is 4.90 Å². The maximum absolute atomic E-state index is 12.3. The Morgan fingerprint density at radius 1 is 1.12 bits per heavy atom. The molecule has 0 unspecified atom stereocenters. The molecule has 0 radical (unpaired) electrons. The minimum Gasteiger partial charge on any atom is -0.490 e. The predicted molar refractivity (Wildman–Crippen MR) is 97.8 cm³/mol. The zero-order valence-electron chi connectivity index (χ0n) is 15.5. The molecule has 7 heteroatoms. The summed E-state index contributed by atoms with van der Waals surface area (Å²) in [6.07, 6.45) is 1.45.